The maximum Gasteiger partial charge on any atom is 0.167 e. The lowest BCUT2D eigenvalue weighted by atomic mass is 9.78. The number of aryl methyl sites for hydroxylation is 1. The van der Waals surface area contributed by atoms with Crippen molar-refractivity contribution >= 4 is 5.78 Å². The van der Waals surface area contributed by atoms with Crippen molar-refractivity contribution in [3.05, 3.63) is 41.7 Å². The Balaban J connectivity index is 1.63. The van der Waals surface area contributed by atoms with Crippen LogP contribution < -0.4 is 0 Å². The van der Waals surface area contributed by atoms with E-state index >= 15 is 0 Å². The van der Waals surface area contributed by atoms with E-state index in [1.807, 2.05) is 6.07 Å². The number of carbonyl (C=O) groups excluding carboxylic acids is 1. The third-order valence-electron chi connectivity index (χ3n) is 6.17. The number of aromatic nitrogens is 1. The second-order valence-corrected chi connectivity index (χ2v) is 7.95. The van der Waals surface area contributed by atoms with E-state index in [0.717, 1.165) is 42.4 Å². The van der Waals surface area contributed by atoms with E-state index in [1.165, 1.54) is 37.8 Å². The Morgan fingerprint density at radius 2 is 2.04 bits per heavy atom. The van der Waals surface area contributed by atoms with Gasteiger partial charge in [-0.15, -0.1) is 6.58 Å². The molecule has 2 aliphatic rings. The molecule has 0 bridgehead atoms. The minimum Gasteiger partial charge on any atom is -0.294 e. The quantitative estimate of drug-likeness (QED) is 0.626. The van der Waals surface area contributed by atoms with Gasteiger partial charge in [0, 0.05) is 17.2 Å². The number of Topliss-reactive ketones (excluding diaryl/α,β-unsaturated/α-hetero) is 1. The molecule has 0 radical (unpaired) electrons. The van der Waals surface area contributed by atoms with E-state index in [-0.39, 0.29) is 5.92 Å². The van der Waals surface area contributed by atoms with Crippen LogP contribution in [0, 0.1) is 17.8 Å². The van der Waals surface area contributed by atoms with E-state index in [1.54, 1.807) is 0 Å². The van der Waals surface area contributed by atoms with Crippen molar-refractivity contribution in [3.63, 3.8) is 0 Å². The van der Waals surface area contributed by atoms with Gasteiger partial charge in [0.1, 0.15) is 0 Å². The lowest BCUT2D eigenvalue weighted by Crippen LogP contribution is -2.25. The predicted octanol–water partition coefficient (Wildman–Crippen LogP) is 5.72. The third kappa shape index (κ3) is 3.63. The second-order valence-electron chi connectivity index (χ2n) is 7.95. The summed E-state index contributed by atoms with van der Waals surface area (Å²) in [5, 5.41) is 0. The number of nitrogens with zero attached hydrogens (tertiary/aromatic N) is 1. The van der Waals surface area contributed by atoms with Gasteiger partial charge < -0.3 is 0 Å². The Morgan fingerprint density at radius 3 is 2.79 bits per heavy atom. The smallest absolute Gasteiger partial charge is 0.167 e. The maximum absolute atomic E-state index is 12.5. The maximum atomic E-state index is 12.5. The number of pyridine rings is 1. The third-order valence-corrected chi connectivity index (χ3v) is 6.17. The van der Waals surface area contributed by atoms with Crippen LogP contribution in [0.5, 0.6) is 0 Å². The first-order valence-corrected chi connectivity index (χ1v) is 9.77. The summed E-state index contributed by atoms with van der Waals surface area (Å²) in [6, 6.07) is 4.14. The summed E-state index contributed by atoms with van der Waals surface area (Å²) < 4.78 is 0. The van der Waals surface area contributed by atoms with Gasteiger partial charge in [-0.25, -0.2) is 0 Å². The number of hydrogen-bond donors (Lipinski definition) is 0. The van der Waals surface area contributed by atoms with Crippen molar-refractivity contribution < 1.29 is 4.79 Å². The van der Waals surface area contributed by atoms with Crippen LogP contribution in [0.4, 0.5) is 0 Å². The molecule has 2 nitrogen and oxygen atoms in total. The standard InChI is InChI=1S/C22H31NO/c1-4-6-16-7-8-17(14-16)9-10-19-11-12-20-21(23-19)15(3)13-18(5-2)22(20)24/h4,11-12,15-18H,1,5-10,13-14H2,2-3H3. The molecule has 130 valence electrons. The molecule has 2 heteroatoms. The van der Waals surface area contributed by atoms with Crippen molar-refractivity contribution in [2.45, 2.75) is 71.1 Å². The molecule has 0 saturated heterocycles. The van der Waals surface area contributed by atoms with Gasteiger partial charge >= 0.3 is 0 Å². The van der Waals surface area contributed by atoms with Crippen LogP contribution >= 0.6 is 0 Å². The topological polar surface area (TPSA) is 30.0 Å². The molecule has 4 atom stereocenters. The summed E-state index contributed by atoms with van der Waals surface area (Å²) in [5.74, 6) is 2.61. The fourth-order valence-electron chi connectivity index (χ4n) is 4.70. The highest BCUT2D eigenvalue weighted by atomic mass is 16.1. The zero-order valence-electron chi connectivity index (χ0n) is 15.3. The van der Waals surface area contributed by atoms with Gasteiger partial charge in [-0.05, 0) is 74.8 Å². The number of carbonyl (C=O) groups is 1. The van der Waals surface area contributed by atoms with Gasteiger partial charge in [0.25, 0.3) is 0 Å². The van der Waals surface area contributed by atoms with Crippen LogP contribution in [0.15, 0.2) is 24.8 Å². The van der Waals surface area contributed by atoms with E-state index in [9.17, 15) is 4.79 Å². The van der Waals surface area contributed by atoms with Gasteiger partial charge in [0.2, 0.25) is 0 Å². The molecule has 4 unspecified atom stereocenters. The summed E-state index contributed by atoms with van der Waals surface area (Å²) >= 11 is 0. The SMILES string of the molecule is C=CCC1CCC(CCc2ccc3c(n2)C(C)CC(CC)C3=O)C1. The molecule has 0 aromatic carbocycles. The van der Waals surface area contributed by atoms with Crippen molar-refractivity contribution in [2.75, 3.05) is 0 Å². The zero-order chi connectivity index (χ0) is 17.1. The Morgan fingerprint density at radius 1 is 1.25 bits per heavy atom. The van der Waals surface area contributed by atoms with Gasteiger partial charge in [0.15, 0.2) is 5.78 Å². The van der Waals surface area contributed by atoms with E-state index in [0.29, 0.717) is 11.7 Å². The van der Waals surface area contributed by atoms with Crippen molar-refractivity contribution in [1.82, 2.24) is 4.98 Å². The van der Waals surface area contributed by atoms with E-state index in [4.69, 9.17) is 4.98 Å². The molecule has 1 heterocycles. The number of hydrogen-bond acceptors (Lipinski definition) is 2. The second kappa shape index (κ2) is 7.63. The normalized spacial score (nSPS) is 29.5. The predicted molar refractivity (Wildman–Crippen MR) is 99.3 cm³/mol. The highest BCUT2D eigenvalue weighted by Crippen LogP contribution is 2.37. The van der Waals surface area contributed by atoms with Gasteiger partial charge in [0.05, 0.1) is 5.69 Å². The minimum atomic E-state index is 0.195. The fraction of sp³-hybridized carbons (Fsp3) is 0.636. The van der Waals surface area contributed by atoms with Crippen molar-refractivity contribution in [3.8, 4) is 0 Å². The van der Waals surface area contributed by atoms with Gasteiger partial charge in [-0.3, -0.25) is 9.78 Å². The zero-order valence-corrected chi connectivity index (χ0v) is 15.3. The molecule has 1 aromatic heterocycles. The Hall–Kier alpha value is -1.44. The number of ketones is 1. The summed E-state index contributed by atoms with van der Waals surface area (Å²) in [5.41, 5.74) is 3.12. The van der Waals surface area contributed by atoms with Gasteiger partial charge in [-0.2, -0.15) is 0 Å². The van der Waals surface area contributed by atoms with Crippen molar-refractivity contribution in [1.29, 1.82) is 0 Å². The highest BCUT2D eigenvalue weighted by molar-refractivity contribution is 6.00. The van der Waals surface area contributed by atoms with Gasteiger partial charge in [-0.1, -0.05) is 26.3 Å². The van der Waals surface area contributed by atoms with E-state index < -0.39 is 0 Å². The lowest BCUT2D eigenvalue weighted by molar-refractivity contribution is 0.0889. The number of fused-ring (bicyclic) bond motifs is 1. The van der Waals surface area contributed by atoms with Crippen LogP contribution in [0.3, 0.4) is 0 Å². The van der Waals surface area contributed by atoms with Crippen LogP contribution in [0.2, 0.25) is 0 Å². The first-order chi connectivity index (χ1) is 11.6. The molecule has 0 aliphatic heterocycles. The average molecular weight is 325 g/mol. The molecular formula is C22H31NO. The Labute approximate surface area is 146 Å². The molecule has 3 rings (SSSR count). The molecule has 0 N–H and O–H groups in total. The molecule has 1 fully saturated rings. The first kappa shape index (κ1) is 17.4. The summed E-state index contributed by atoms with van der Waals surface area (Å²) in [6.45, 7) is 8.21. The highest BCUT2D eigenvalue weighted by Gasteiger charge is 2.31. The fourth-order valence-corrected chi connectivity index (χ4v) is 4.70. The molecule has 1 aromatic rings. The van der Waals surface area contributed by atoms with Crippen molar-refractivity contribution in [2.24, 2.45) is 17.8 Å². The Bertz CT molecular complexity index is 606. The van der Waals surface area contributed by atoms with Crippen LogP contribution in [-0.4, -0.2) is 10.8 Å². The number of rotatable bonds is 6. The number of allylic oxidation sites excluding steroid dienone is 1. The summed E-state index contributed by atoms with van der Waals surface area (Å²) in [6.07, 6.45) is 11.5. The molecule has 0 spiro atoms. The van der Waals surface area contributed by atoms with Crippen LogP contribution in [0.1, 0.15) is 86.5 Å². The summed E-state index contributed by atoms with van der Waals surface area (Å²) in [7, 11) is 0. The van der Waals surface area contributed by atoms with E-state index in [2.05, 4.69) is 32.6 Å². The lowest BCUT2D eigenvalue weighted by Gasteiger charge is -2.27. The average Bonchev–Trinajstić information content (AvgIpc) is 3.04. The first-order valence-electron chi connectivity index (χ1n) is 9.77. The molecular weight excluding hydrogens is 294 g/mol. The van der Waals surface area contributed by atoms with Crippen LogP contribution in [0.25, 0.3) is 0 Å². The summed E-state index contributed by atoms with van der Waals surface area (Å²) in [4.78, 5) is 17.4. The van der Waals surface area contributed by atoms with Crippen LogP contribution in [-0.2, 0) is 6.42 Å². The molecule has 0 amide bonds. The monoisotopic (exact) mass is 325 g/mol. The Kier molecular flexibility index (Phi) is 5.53. The largest absolute Gasteiger partial charge is 0.294 e. The molecule has 24 heavy (non-hydrogen) atoms. The molecule has 1 saturated carbocycles. The minimum absolute atomic E-state index is 0.195. The molecule has 2 aliphatic carbocycles.